The fourth-order valence-corrected chi connectivity index (χ4v) is 2.23. The quantitative estimate of drug-likeness (QED) is 0.583. The Kier molecular flexibility index (Phi) is 3.86. The maximum Gasteiger partial charge on any atom is 0.333 e. The van der Waals surface area contributed by atoms with Crippen molar-refractivity contribution >= 4 is 21.8 Å². The Bertz CT molecular complexity index is 289. The van der Waals surface area contributed by atoms with Crippen molar-refractivity contribution in [2.45, 2.75) is 18.6 Å². The molecule has 0 bridgehead atoms. The van der Waals surface area contributed by atoms with Crippen LogP contribution in [0.15, 0.2) is 0 Å². The lowest BCUT2D eigenvalue weighted by Crippen LogP contribution is -2.39. The lowest BCUT2D eigenvalue weighted by molar-refractivity contribution is -0.146. The first-order chi connectivity index (χ1) is 5.83. The fraction of sp³-hybridized carbons (Fsp3) is 0.667. The Morgan fingerprint density at radius 1 is 1.23 bits per heavy atom. The molecule has 0 aliphatic heterocycles. The van der Waals surface area contributed by atoms with E-state index in [9.17, 15) is 18.0 Å². The molecule has 7 heteroatoms. The molecular weight excluding hydrogens is 200 g/mol. The van der Waals surface area contributed by atoms with E-state index in [4.69, 9.17) is 10.2 Å². The van der Waals surface area contributed by atoms with Crippen molar-refractivity contribution in [3.05, 3.63) is 0 Å². The highest BCUT2D eigenvalue weighted by atomic mass is 32.2. The number of aliphatic carboxylic acids is 2. The van der Waals surface area contributed by atoms with Gasteiger partial charge in [-0.25, -0.2) is 8.42 Å². The van der Waals surface area contributed by atoms with Crippen molar-refractivity contribution in [1.29, 1.82) is 0 Å². The Morgan fingerprint density at radius 2 is 1.62 bits per heavy atom. The SMILES string of the molecule is CCCS(=O)(=O)C(C(=O)O)C(=O)O. The van der Waals surface area contributed by atoms with Gasteiger partial charge >= 0.3 is 11.9 Å². The molecule has 0 radical (unpaired) electrons. The highest BCUT2D eigenvalue weighted by Crippen LogP contribution is 2.05. The van der Waals surface area contributed by atoms with Crippen LogP contribution in [0.5, 0.6) is 0 Å². The molecule has 0 aliphatic rings. The molecule has 0 spiro atoms. The molecule has 76 valence electrons. The number of hydrogen-bond donors (Lipinski definition) is 2. The van der Waals surface area contributed by atoms with Crippen molar-refractivity contribution in [3.63, 3.8) is 0 Å². The molecule has 2 N–H and O–H groups in total. The molecule has 0 aromatic carbocycles. The predicted octanol–water partition coefficient (Wildman–Crippen LogP) is -0.651. The molecule has 0 aliphatic carbocycles. The summed E-state index contributed by atoms with van der Waals surface area (Å²) in [5.74, 6) is -4.13. The molecular formula is C6H10O6S. The van der Waals surface area contributed by atoms with Crippen LogP contribution < -0.4 is 0 Å². The topological polar surface area (TPSA) is 109 Å². The van der Waals surface area contributed by atoms with Crippen molar-refractivity contribution < 1.29 is 28.2 Å². The van der Waals surface area contributed by atoms with E-state index in [0.717, 1.165) is 0 Å². The Morgan fingerprint density at radius 3 is 1.85 bits per heavy atom. The molecule has 0 fully saturated rings. The zero-order valence-electron chi connectivity index (χ0n) is 6.93. The average Bonchev–Trinajstić information content (AvgIpc) is 1.82. The van der Waals surface area contributed by atoms with E-state index in [2.05, 4.69) is 0 Å². The summed E-state index contributed by atoms with van der Waals surface area (Å²) >= 11 is 0. The smallest absolute Gasteiger partial charge is 0.333 e. The molecule has 6 nitrogen and oxygen atoms in total. The van der Waals surface area contributed by atoms with Crippen LogP contribution in [0, 0.1) is 0 Å². The third-order valence-electron chi connectivity index (χ3n) is 1.30. The number of sulfone groups is 1. The van der Waals surface area contributed by atoms with E-state index in [-0.39, 0.29) is 6.42 Å². The zero-order valence-corrected chi connectivity index (χ0v) is 7.74. The lowest BCUT2D eigenvalue weighted by Gasteiger charge is -2.07. The van der Waals surface area contributed by atoms with Gasteiger partial charge in [0.05, 0.1) is 5.75 Å². The van der Waals surface area contributed by atoms with Crippen LogP contribution >= 0.6 is 0 Å². The standard InChI is InChI=1S/C6H10O6S/c1-2-3-13(11,12)4(5(7)8)6(9)10/h4H,2-3H2,1H3,(H,7,8)(H,9,10). The summed E-state index contributed by atoms with van der Waals surface area (Å²) < 4.78 is 22.1. The summed E-state index contributed by atoms with van der Waals surface area (Å²) in [6, 6.07) is 0. The van der Waals surface area contributed by atoms with Gasteiger partial charge in [0.2, 0.25) is 0 Å². The Hall–Kier alpha value is -1.11. The van der Waals surface area contributed by atoms with Crippen molar-refractivity contribution in [1.82, 2.24) is 0 Å². The molecule has 0 amide bonds. The summed E-state index contributed by atoms with van der Waals surface area (Å²) in [6.45, 7) is 1.53. The van der Waals surface area contributed by atoms with Crippen LogP contribution in [-0.2, 0) is 19.4 Å². The Labute approximate surface area is 75.1 Å². The third kappa shape index (κ3) is 3.02. The summed E-state index contributed by atoms with van der Waals surface area (Å²) in [5, 5.41) is 14.4. The van der Waals surface area contributed by atoms with E-state index in [1.165, 1.54) is 6.92 Å². The summed E-state index contributed by atoms with van der Waals surface area (Å²) in [4.78, 5) is 20.6. The van der Waals surface area contributed by atoms with Crippen molar-refractivity contribution in [3.8, 4) is 0 Å². The molecule has 0 atom stereocenters. The predicted molar refractivity (Wildman–Crippen MR) is 43.1 cm³/mol. The Balaban J connectivity index is 4.96. The summed E-state index contributed by atoms with van der Waals surface area (Å²) in [7, 11) is -4.07. The number of rotatable bonds is 5. The van der Waals surface area contributed by atoms with E-state index in [1.54, 1.807) is 0 Å². The first-order valence-electron chi connectivity index (χ1n) is 3.50. The summed E-state index contributed by atoms with van der Waals surface area (Å²) in [5.41, 5.74) is 0. The fourth-order valence-electron chi connectivity index (χ4n) is 0.815. The van der Waals surface area contributed by atoms with Crippen LogP contribution in [-0.4, -0.2) is 41.6 Å². The van der Waals surface area contributed by atoms with Gasteiger partial charge in [-0.2, -0.15) is 0 Å². The normalized spacial score (nSPS) is 11.5. The van der Waals surface area contributed by atoms with Crippen molar-refractivity contribution in [2.24, 2.45) is 0 Å². The molecule has 13 heavy (non-hydrogen) atoms. The van der Waals surface area contributed by atoms with Gasteiger partial charge in [0.25, 0.3) is 5.25 Å². The molecule has 0 saturated carbocycles. The second-order valence-corrected chi connectivity index (χ2v) is 4.63. The van der Waals surface area contributed by atoms with E-state index in [0.29, 0.717) is 0 Å². The van der Waals surface area contributed by atoms with Gasteiger partial charge in [0, 0.05) is 0 Å². The number of carbonyl (C=O) groups is 2. The molecule has 0 heterocycles. The van der Waals surface area contributed by atoms with E-state index >= 15 is 0 Å². The second kappa shape index (κ2) is 4.22. The maximum absolute atomic E-state index is 11.1. The zero-order chi connectivity index (χ0) is 10.6. The monoisotopic (exact) mass is 210 g/mol. The van der Waals surface area contributed by atoms with Gasteiger partial charge in [0.1, 0.15) is 0 Å². The van der Waals surface area contributed by atoms with E-state index in [1.807, 2.05) is 0 Å². The first-order valence-corrected chi connectivity index (χ1v) is 5.21. The van der Waals surface area contributed by atoms with Gasteiger partial charge in [-0.05, 0) is 6.42 Å². The minimum absolute atomic E-state index is 0.194. The van der Waals surface area contributed by atoms with Crippen LogP contribution in [0.2, 0.25) is 0 Å². The van der Waals surface area contributed by atoms with Gasteiger partial charge < -0.3 is 10.2 Å². The molecule has 0 unspecified atom stereocenters. The molecule has 0 aromatic heterocycles. The van der Waals surface area contributed by atoms with Crippen LogP contribution in [0.3, 0.4) is 0 Å². The minimum atomic E-state index is -4.07. The molecule has 0 rings (SSSR count). The number of hydrogen-bond acceptors (Lipinski definition) is 4. The highest BCUT2D eigenvalue weighted by molar-refractivity contribution is 7.93. The van der Waals surface area contributed by atoms with Gasteiger partial charge in [-0.3, -0.25) is 9.59 Å². The number of carboxylic acid groups (broad SMARTS) is 2. The van der Waals surface area contributed by atoms with Crippen molar-refractivity contribution in [2.75, 3.05) is 5.75 Å². The average molecular weight is 210 g/mol. The molecule has 0 aromatic rings. The lowest BCUT2D eigenvalue weighted by atomic mass is 10.4. The highest BCUT2D eigenvalue weighted by Gasteiger charge is 2.38. The van der Waals surface area contributed by atoms with Gasteiger partial charge in [-0.1, -0.05) is 6.92 Å². The largest absolute Gasteiger partial charge is 0.480 e. The van der Waals surface area contributed by atoms with Gasteiger partial charge in [0.15, 0.2) is 9.84 Å². The summed E-state index contributed by atoms with van der Waals surface area (Å²) in [6.07, 6.45) is 0.194. The number of carboxylic acids is 2. The molecule has 0 saturated heterocycles. The maximum atomic E-state index is 11.1. The second-order valence-electron chi connectivity index (χ2n) is 2.42. The van der Waals surface area contributed by atoms with Crippen LogP contribution in [0.4, 0.5) is 0 Å². The van der Waals surface area contributed by atoms with Gasteiger partial charge in [-0.15, -0.1) is 0 Å². The van der Waals surface area contributed by atoms with Crippen LogP contribution in [0.25, 0.3) is 0 Å². The minimum Gasteiger partial charge on any atom is -0.480 e. The first kappa shape index (κ1) is 11.9. The van der Waals surface area contributed by atoms with E-state index < -0.39 is 32.8 Å². The third-order valence-corrected chi connectivity index (χ3v) is 3.40. The van der Waals surface area contributed by atoms with Crippen LogP contribution in [0.1, 0.15) is 13.3 Å².